The quantitative estimate of drug-likeness (QED) is 0.772. The minimum Gasteiger partial charge on any atom is -0.370 e. The molecule has 2 atom stereocenters. The van der Waals surface area contributed by atoms with Gasteiger partial charge in [-0.1, -0.05) is 0 Å². The Bertz CT molecular complexity index is 562. The topological polar surface area (TPSA) is 27.1 Å². The summed E-state index contributed by atoms with van der Waals surface area (Å²) in [5, 5.41) is 4.60. The summed E-state index contributed by atoms with van der Waals surface area (Å²) in [7, 11) is 0. The molecule has 2 heterocycles. The lowest BCUT2D eigenvalue weighted by atomic mass is 10.1. The van der Waals surface area contributed by atoms with Gasteiger partial charge in [-0.05, 0) is 44.2 Å². The monoisotopic (exact) mass is 246 g/mol. The van der Waals surface area contributed by atoms with Crippen LogP contribution in [0.3, 0.4) is 0 Å². The highest BCUT2D eigenvalue weighted by Crippen LogP contribution is 2.27. The van der Waals surface area contributed by atoms with Crippen molar-refractivity contribution in [2.24, 2.45) is 0 Å². The van der Waals surface area contributed by atoms with Gasteiger partial charge in [0.25, 0.3) is 0 Å². The van der Waals surface area contributed by atoms with E-state index in [2.05, 4.69) is 12.0 Å². The standard InChI is InChI=1S/C14H15FN2O/c1-9-10(2)18-8-13-7-14(16-17(9)13)11-3-5-12(15)6-4-11/h3-7,9-10H,8H2,1-2H3/t9-,10-/m0/s1. The highest BCUT2D eigenvalue weighted by Gasteiger charge is 2.25. The number of hydrogen-bond donors (Lipinski definition) is 0. The smallest absolute Gasteiger partial charge is 0.123 e. The van der Waals surface area contributed by atoms with Gasteiger partial charge in [0.15, 0.2) is 0 Å². The van der Waals surface area contributed by atoms with Crippen LogP contribution in [0.25, 0.3) is 11.3 Å². The summed E-state index contributed by atoms with van der Waals surface area (Å²) < 4.78 is 20.6. The normalized spacial score (nSPS) is 22.8. The van der Waals surface area contributed by atoms with Gasteiger partial charge in [0.2, 0.25) is 0 Å². The van der Waals surface area contributed by atoms with Crippen LogP contribution in [0, 0.1) is 5.82 Å². The number of rotatable bonds is 1. The van der Waals surface area contributed by atoms with E-state index in [9.17, 15) is 4.39 Å². The Hall–Kier alpha value is -1.68. The molecule has 1 aromatic heterocycles. The molecule has 0 spiro atoms. The van der Waals surface area contributed by atoms with Crippen LogP contribution in [0.2, 0.25) is 0 Å². The minimum absolute atomic E-state index is 0.165. The molecule has 94 valence electrons. The largest absolute Gasteiger partial charge is 0.370 e. The number of nitrogens with zero attached hydrogens (tertiary/aromatic N) is 2. The van der Waals surface area contributed by atoms with E-state index in [0.29, 0.717) is 6.61 Å². The third-order valence-electron chi connectivity index (χ3n) is 3.51. The summed E-state index contributed by atoms with van der Waals surface area (Å²) >= 11 is 0. The number of benzene rings is 1. The zero-order valence-corrected chi connectivity index (χ0v) is 10.4. The molecule has 2 aromatic rings. The van der Waals surface area contributed by atoms with E-state index in [1.54, 1.807) is 12.1 Å². The first-order chi connectivity index (χ1) is 8.65. The van der Waals surface area contributed by atoms with Gasteiger partial charge in [0.1, 0.15) is 5.82 Å². The lowest BCUT2D eigenvalue weighted by molar-refractivity contribution is -0.0104. The SMILES string of the molecule is C[C@@H]1OCc2cc(-c3ccc(F)cc3)nn2[C@H]1C. The van der Waals surface area contributed by atoms with Crippen LogP contribution in [0.4, 0.5) is 4.39 Å². The van der Waals surface area contributed by atoms with Crippen LogP contribution >= 0.6 is 0 Å². The molecule has 1 aromatic carbocycles. The summed E-state index contributed by atoms with van der Waals surface area (Å²) in [4.78, 5) is 0. The van der Waals surface area contributed by atoms with Gasteiger partial charge in [0, 0.05) is 5.56 Å². The van der Waals surface area contributed by atoms with Crippen molar-refractivity contribution in [3.05, 3.63) is 41.8 Å². The summed E-state index contributed by atoms with van der Waals surface area (Å²) in [6.07, 6.45) is 0.165. The van der Waals surface area contributed by atoms with Crippen LogP contribution in [0.15, 0.2) is 30.3 Å². The molecule has 18 heavy (non-hydrogen) atoms. The van der Waals surface area contributed by atoms with Gasteiger partial charge in [-0.2, -0.15) is 5.10 Å². The van der Waals surface area contributed by atoms with E-state index in [0.717, 1.165) is 17.0 Å². The van der Waals surface area contributed by atoms with E-state index >= 15 is 0 Å². The van der Waals surface area contributed by atoms with E-state index in [-0.39, 0.29) is 18.0 Å². The molecule has 0 amide bonds. The van der Waals surface area contributed by atoms with Crippen molar-refractivity contribution in [2.75, 3.05) is 0 Å². The van der Waals surface area contributed by atoms with E-state index < -0.39 is 0 Å². The number of halogens is 1. The average Bonchev–Trinajstić information content (AvgIpc) is 2.80. The fourth-order valence-electron chi connectivity index (χ4n) is 2.21. The zero-order valence-electron chi connectivity index (χ0n) is 10.4. The molecule has 0 radical (unpaired) electrons. The van der Waals surface area contributed by atoms with Crippen molar-refractivity contribution in [2.45, 2.75) is 32.6 Å². The maximum Gasteiger partial charge on any atom is 0.123 e. The van der Waals surface area contributed by atoms with Crippen molar-refractivity contribution in [1.29, 1.82) is 0 Å². The summed E-state index contributed by atoms with van der Waals surface area (Å²) in [5.74, 6) is -0.229. The fraction of sp³-hybridized carbons (Fsp3) is 0.357. The summed E-state index contributed by atoms with van der Waals surface area (Å²) in [5.41, 5.74) is 2.87. The molecule has 1 aliphatic heterocycles. The highest BCUT2D eigenvalue weighted by molar-refractivity contribution is 5.59. The van der Waals surface area contributed by atoms with Crippen LogP contribution in [0.1, 0.15) is 25.6 Å². The van der Waals surface area contributed by atoms with Crippen molar-refractivity contribution >= 4 is 0 Å². The second-order valence-corrected chi connectivity index (χ2v) is 4.73. The zero-order chi connectivity index (χ0) is 12.7. The summed E-state index contributed by atoms with van der Waals surface area (Å²) in [6.45, 7) is 4.72. The third-order valence-corrected chi connectivity index (χ3v) is 3.51. The first kappa shape index (κ1) is 11.4. The molecule has 0 saturated carbocycles. The van der Waals surface area contributed by atoms with Gasteiger partial charge in [0.05, 0.1) is 30.1 Å². The maximum absolute atomic E-state index is 12.9. The van der Waals surface area contributed by atoms with E-state index in [1.165, 1.54) is 12.1 Å². The Morgan fingerprint density at radius 2 is 2.00 bits per heavy atom. The summed E-state index contributed by atoms with van der Waals surface area (Å²) in [6, 6.07) is 8.64. The van der Waals surface area contributed by atoms with Crippen molar-refractivity contribution < 1.29 is 9.13 Å². The first-order valence-corrected chi connectivity index (χ1v) is 6.11. The van der Waals surface area contributed by atoms with Gasteiger partial charge < -0.3 is 4.74 Å². The molecule has 3 rings (SSSR count). The first-order valence-electron chi connectivity index (χ1n) is 6.11. The molecule has 0 N–H and O–H groups in total. The van der Waals surface area contributed by atoms with Crippen molar-refractivity contribution in [3.63, 3.8) is 0 Å². The Kier molecular flexibility index (Phi) is 2.67. The lowest BCUT2D eigenvalue weighted by Gasteiger charge is -2.27. The molecule has 0 unspecified atom stereocenters. The van der Waals surface area contributed by atoms with E-state index in [1.807, 2.05) is 17.7 Å². The van der Waals surface area contributed by atoms with Crippen LogP contribution in [-0.4, -0.2) is 15.9 Å². The van der Waals surface area contributed by atoms with Crippen LogP contribution < -0.4 is 0 Å². The van der Waals surface area contributed by atoms with Crippen molar-refractivity contribution in [3.8, 4) is 11.3 Å². The Balaban J connectivity index is 2.00. The van der Waals surface area contributed by atoms with Gasteiger partial charge in [-0.25, -0.2) is 4.39 Å². The fourth-order valence-corrected chi connectivity index (χ4v) is 2.21. The van der Waals surface area contributed by atoms with Gasteiger partial charge in [-0.3, -0.25) is 4.68 Å². The molecule has 0 bridgehead atoms. The molecule has 0 aliphatic carbocycles. The predicted octanol–water partition coefficient (Wildman–Crippen LogP) is 3.17. The lowest BCUT2D eigenvalue weighted by Crippen LogP contribution is -2.29. The number of aromatic nitrogens is 2. The van der Waals surface area contributed by atoms with Gasteiger partial charge in [-0.15, -0.1) is 0 Å². The maximum atomic E-state index is 12.9. The second kappa shape index (κ2) is 4.21. The molecular formula is C14H15FN2O. The average molecular weight is 246 g/mol. The molecule has 0 saturated heterocycles. The van der Waals surface area contributed by atoms with Crippen LogP contribution in [0.5, 0.6) is 0 Å². The number of ether oxygens (including phenoxy) is 1. The van der Waals surface area contributed by atoms with Crippen molar-refractivity contribution in [1.82, 2.24) is 9.78 Å². The number of fused-ring (bicyclic) bond motifs is 1. The van der Waals surface area contributed by atoms with E-state index in [4.69, 9.17) is 4.74 Å². The Morgan fingerprint density at radius 1 is 1.28 bits per heavy atom. The molecule has 4 heteroatoms. The van der Waals surface area contributed by atoms with Gasteiger partial charge >= 0.3 is 0 Å². The second-order valence-electron chi connectivity index (χ2n) is 4.73. The number of hydrogen-bond acceptors (Lipinski definition) is 2. The Morgan fingerprint density at radius 3 is 2.72 bits per heavy atom. The molecular weight excluding hydrogens is 231 g/mol. The molecule has 1 aliphatic rings. The molecule has 0 fully saturated rings. The third kappa shape index (κ3) is 1.82. The molecule has 3 nitrogen and oxygen atoms in total. The Labute approximate surface area is 105 Å². The predicted molar refractivity (Wildman–Crippen MR) is 66.6 cm³/mol. The van der Waals surface area contributed by atoms with Crippen LogP contribution in [-0.2, 0) is 11.3 Å². The minimum atomic E-state index is -0.229. The highest BCUT2D eigenvalue weighted by atomic mass is 19.1.